The summed E-state index contributed by atoms with van der Waals surface area (Å²) in [5, 5.41) is 21.3. The summed E-state index contributed by atoms with van der Waals surface area (Å²) in [7, 11) is 0. The van der Waals surface area contributed by atoms with Crippen molar-refractivity contribution in [1.29, 1.82) is 0 Å². The van der Waals surface area contributed by atoms with E-state index in [2.05, 4.69) is 36.0 Å². The maximum absolute atomic E-state index is 13.2. The van der Waals surface area contributed by atoms with Crippen molar-refractivity contribution in [3.05, 3.63) is 90.9 Å². The van der Waals surface area contributed by atoms with Gasteiger partial charge in [0, 0.05) is 11.8 Å². The molecule has 4 N–H and O–H groups in total. The van der Waals surface area contributed by atoms with Gasteiger partial charge in [-0.1, -0.05) is 42.5 Å². The molecule has 5 aromatic rings. The summed E-state index contributed by atoms with van der Waals surface area (Å²) in [6.45, 7) is 0. The Morgan fingerprint density at radius 1 is 0.778 bits per heavy atom. The number of fused-ring (bicyclic) bond motifs is 1. The van der Waals surface area contributed by atoms with Crippen LogP contribution < -0.4 is 16.4 Å². The molecule has 3 heterocycles. The van der Waals surface area contributed by atoms with Crippen LogP contribution in [-0.2, 0) is 6.18 Å². The molecule has 0 aliphatic heterocycles. The van der Waals surface area contributed by atoms with E-state index in [-0.39, 0.29) is 11.6 Å². The predicted octanol–water partition coefficient (Wildman–Crippen LogP) is 5.01. The normalized spacial score (nSPS) is 12.0. The van der Waals surface area contributed by atoms with E-state index < -0.39 is 12.0 Å². The van der Waals surface area contributed by atoms with Crippen LogP contribution in [0.5, 0.6) is 0 Å². The summed E-state index contributed by atoms with van der Waals surface area (Å²) >= 11 is 0. The number of benzene rings is 2. The zero-order valence-corrected chi connectivity index (χ0v) is 18.5. The fourth-order valence-corrected chi connectivity index (χ4v) is 3.49. The van der Waals surface area contributed by atoms with Gasteiger partial charge in [-0.25, -0.2) is 0 Å². The number of para-hydroxylation sites is 2. The van der Waals surface area contributed by atoms with E-state index in [4.69, 9.17) is 5.73 Å². The second-order valence-corrected chi connectivity index (χ2v) is 7.57. The molecule has 12 heteroatoms. The SMILES string of the molecule is NC(=Nc1ccc(-c2ccccc2)nn1)Nc1ccccc1Nc1cccn2c(C(F)(F)F)nnc12. The van der Waals surface area contributed by atoms with Crippen LogP contribution in [0.15, 0.2) is 90.1 Å². The van der Waals surface area contributed by atoms with Gasteiger partial charge in [-0.3, -0.25) is 4.40 Å². The third-order valence-corrected chi connectivity index (χ3v) is 5.10. The van der Waals surface area contributed by atoms with Crippen molar-refractivity contribution in [1.82, 2.24) is 24.8 Å². The van der Waals surface area contributed by atoms with Crippen molar-refractivity contribution in [2.24, 2.45) is 10.7 Å². The van der Waals surface area contributed by atoms with Crippen LogP contribution in [0.2, 0.25) is 0 Å². The molecule has 36 heavy (non-hydrogen) atoms. The van der Waals surface area contributed by atoms with Gasteiger partial charge in [0.1, 0.15) is 0 Å². The van der Waals surface area contributed by atoms with Gasteiger partial charge in [-0.05, 0) is 36.4 Å². The Balaban J connectivity index is 1.37. The lowest BCUT2D eigenvalue weighted by molar-refractivity contribution is -0.145. The summed E-state index contributed by atoms with van der Waals surface area (Å²) in [5.74, 6) is -0.757. The molecule has 0 aliphatic carbocycles. The smallest absolute Gasteiger partial charge is 0.369 e. The maximum Gasteiger partial charge on any atom is 0.452 e. The monoisotopic (exact) mass is 489 g/mol. The number of nitrogens with two attached hydrogens (primary N) is 1. The number of halogens is 3. The lowest BCUT2D eigenvalue weighted by Gasteiger charge is -2.14. The number of hydrogen-bond donors (Lipinski definition) is 3. The lowest BCUT2D eigenvalue weighted by atomic mass is 10.1. The van der Waals surface area contributed by atoms with Crippen molar-refractivity contribution in [3.8, 4) is 11.3 Å². The Morgan fingerprint density at radius 3 is 2.22 bits per heavy atom. The van der Waals surface area contributed by atoms with Gasteiger partial charge in [0.25, 0.3) is 0 Å². The second kappa shape index (κ2) is 9.33. The van der Waals surface area contributed by atoms with E-state index in [1.807, 2.05) is 30.3 Å². The first-order chi connectivity index (χ1) is 17.4. The van der Waals surface area contributed by atoms with Crippen molar-refractivity contribution in [2.45, 2.75) is 6.18 Å². The standard InChI is InChI=1S/C24H18F3N9/c25-24(26,27)22-35-34-21-19(11-6-14-36(21)22)29-17-9-4-5-10-18(17)30-23(28)31-20-13-12-16(32-33-20)15-7-2-1-3-8-15/h1-14,29H,(H3,28,30,31,33). The average molecular weight is 489 g/mol. The number of pyridine rings is 1. The lowest BCUT2D eigenvalue weighted by Crippen LogP contribution is -2.22. The van der Waals surface area contributed by atoms with E-state index in [1.165, 1.54) is 12.3 Å². The molecule has 0 amide bonds. The summed E-state index contributed by atoms with van der Waals surface area (Å²) in [6, 6.07) is 23.2. The van der Waals surface area contributed by atoms with Crippen molar-refractivity contribution in [2.75, 3.05) is 10.6 Å². The molecule has 0 bridgehead atoms. The number of nitrogens with zero attached hydrogens (tertiary/aromatic N) is 6. The highest BCUT2D eigenvalue weighted by atomic mass is 19.4. The number of aliphatic imine (C=N–C) groups is 1. The first-order valence-corrected chi connectivity index (χ1v) is 10.7. The molecule has 5 rings (SSSR count). The maximum atomic E-state index is 13.2. The van der Waals surface area contributed by atoms with E-state index >= 15 is 0 Å². The third-order valence-electron chi connectivity index (χ3n) is 5.10. The highest BCUT2D eigenvalue weighted by molar-refractivity contribution is 5.97. The first kappa shape index (κ1) is 22.8. The molecular formula is C24H18F3N9. The molecule has 0 atom stereocenters. The van der Waals surface area contributed by atoms with Crippen LogP contribution in [0.3, 0.4) is 0 Å². The Morgan fingerprint density at radius 2 is 1.50 bits per heavy atom. The largest absolute Gasteiger partial charge is 0.452 e. The van der Waals surface area contributed by atoms with Crippen LogP contribution >= 0.6 is 0 Å². The van der Waals surface area contributed by atoms with Gasteiger partial charge in [0.2, 0.25) is 5.82 Å². The topological polar surface area (TPSA) is 118 Å². The molecular weight excluding hydrogens is 471 g/mol. The summed E-state index contributed by atoms with van der Waals surface area (Å²) < 4.78 is 40.5. The molecule has 9 nitrogen and oxygen atoms in total. The molecule has 2 aromatic carbocycles. The van der Waals surface area contributed by atoms with Crippen LogP contribution in [0.4, 0.5) is 36.1 Å². The number of hydrogen-bond acceptors (Lipinski definition) is 6. The predicted molar refractivity (Wildman–Crippen MR) is 130 cm³/mol. The molecule has 0 saturated carbocycles. The number of nitrogens with one attached hydrogen (secondary N) is 2. The van der Waals surface area contributed by atoms with Gasteiger partial charge >= 0.3 is 6.18 Å². The fourth-order valence-electron chi connectivity index (χ4n) is 3.49. The first-order valence-electron chi connectivity index (χ1n) is 10.7. The van der Waals surface area contributed by atoms with Gasteiger partial charge in [-0.15, -0.1) is 20.4 Å². The van der Waals surface area contributed by atoms with Gasteiger partial charge in [0.05, 0.1) is 22.8 Å². The molecule has 3 aromatic heterocycles. The summed E-state index contributed by atoms with van der Waals surface area (Å²) in [6.07, 6.45) is -3.38. The molecule has 0 radical (unpaired) electrons. The third kappa shape index (κ3) is 4.78. The fraction of sp³-hybridized carbons (Fsp3) is 0.0417. The van der Waals surface area contributed by atoms with E-state index in [0.29, 0.717) is 28.6 Å². The number of anilines is 3. The average Bonchev–Trinajstić information content (AvgIpc) is 3.32. The Hall–Kier alpha value is -5.00. The second-order valence-electron chi connectivity index (χ2n) is 7.57. The summed E-state index contributed by atoms with van der Waals surface area (Å²) in [4.78, 5) is 4.25. The molecule has 0 saturated heterocycles. The Labute approximate surface area is 202 Å². The highest BCUT2D eigenvalue weighted by Crippen LogP contribution is 2.31. The molecule has 0 fully saturated rings. The van der Waals surface area contributed by atoms with Crippen molar-refractivity contribution < 1.29 is 13.2 Å². The Kier molecular flexibility index (Phi) is 5.90. The number of rotatable bonds is 5. The molecule has 0 spiro atoms. The van der Waals surface area contributed by atoms with E-state index in [1.54, 1.807) is 42.5 Å². The quantitative estimate of drug-likeness (QED) is 0.235. The highest BCUT2D eigenvalue weighted by Gasteiger charge is 2.37. The van der Waals surface area contributed by atoms with E-state index in [9.17, 15) is 13.2 Å². The number of guanidine groups is 1. The number of aromatic nitrogens is 5. The van der Waals surface area contributed by atoms with Crippen molar-refractivity contribution >= 4 is 34.5 Å². The Bertz CT molecular complexity index is 1530. The molecule has 0 unspecified atom stereocenters. The van der Waals surface area contributed by atoms with Gasteiger partial charge < -0.3 is 16.4 Å². The minimum Gasteiger partial charge on any atom is -0.369 e. The van der Waals surface area contributed by atoms with Gasteiger partial charge in [0.15, 0.2) is 17.4 Å². The molecule has 180 valence electrons. The van der Waals surface area contributed by atoms with E-state index in [0.717, 1.165) is 9.96 Å². The van der Waals surface area contributed by atoms with Crippen LogP contribution in [-0.4, -0.2) is 30.8 Å². The zero-order chi connectivity index (χ0) is 25.1. The van der Waals surface area contributed by atoms with Gasteiger partial charge in [-0.2, -0.15) is 18.2 Å². The minimum absolute atomic E-state index is 0.0232. The summed E-state index contributed by atoms with van der Waals surface area (Å²) in [5.41, 5.74) is 9.13. The molecule has 0 aliphatic rings. The van der Waals surface area contributed by atoms with Crippen LogP contribution in [0.25, 0.3) is 16.9 Å². The zero-order valence-electron chi connectivity index (χ0n) is 18.5. The van der Waals surface area contributed by atoms with Crippen LogP contribution in [0, 0.1) is 0 Å². The van der Waals surface area contributed by atoms with Crippen molar-refractivity contribution in [3.63, 3.8) is 0 Å². The van der Waals surface area contributed by atoms with Crippen LogP contribution in [0.1, 0.15) is 5.82 Å². The number of alkyl halides is 3. The minimum atomic E-state index is -4.63.